The van der Waals surface area contributed by atoms with E-state index in [2.05, 4.69) is 311 Å². The van der Waals surface area contributed by atoms with E-state index < -0.39 is 0 Å². The maximum atomic E-state index is 2.49. The minimum absolute atomic E-state index is 0.0312. The maximum Gasteiger partial charge on any atom is 0.0541 e. The van der Waals surface area contributed by atoms with E-state index in [0.29, 0.717) is 0 Å². The van der Waals surface area contributed by atoms with Crippen LogP contribution in [0.5, 0.6) is 0 Å². The summed E-state index contributed by atoms with van der Waals surface area (Å²) in [6.45, 7) is 27.8. The third-order valence-corrected chi connectivity index (χ3v) is 17.2. The van der Waals surface area contributed by atoms with Crippen LogP contribution in [0.3, 0.4) is 0 Å². The fourth-order valence-corrected chi connectivity index (χ4v) is 12.5. The van der Waals surface area contributed by atoms with E-state index >= 15 is 0 Å². The maximum absolute atomic E-state index is 2.49. The van der Waals surface area contributed by atoms with E-state index in [1.807, 2.05) is 0 Å². The Morgan fingerprint density at radius 1 is 0.212 bits per heavy atom. The quantitative estimate of drug-likeness (QED) is 0.147. The highest BCUT2D eigenvalue weighted by molar-refractivity contribution is 6.22. The fourth-order valence-electron chi connectivity index (χ4n) is 12.5. The summed E-state index contributed by atoms with van der Waals surface area (Å²) in [4.78, 5) is 0. The van der Waals surface area contributed by atoms with E-state index in [1.165, 1.54) is 143 Å². The third kappa shape index (κ3) is 8.72. The SMILES string of the molecule is CC(C)(C)c1ccc2c(-c3ccc(-c4ccc5c(c4)c4cc(C(C)(C)C)ccc4n5-c4ccccc4)cc3)c3cc(C(C)(C)C)ccc3c(-c3ccc(-c4ccc5c(c4)c4cc(C(C)(C)C)ccc4n5-c4ccccc4)cc3)c2c1. The molecule has 0 atom stereocenters. The minimum atomic E-state index is -0.0408. The van der Waals surface area contributed by atoms with E-state index in [0.717, 1.165) is 0 Å². The van der Waals surface area contributed by atoms with Crippen LogP contribution in [-0.4, -0.2) is 9.13 Å². The van der Waals surface area contributed by atoms with Gasteiger partial charge in [-0.2, -0.15) is 0 Å². The van der Waals surface area contributed by atoms with Crippen LogP contribution in [0.2, 0.25) is 0 Å². The van der Waals surface area contributed by atoms with Crippen molar-refractivity contribution >= 4 is 65.2 Å². The van der Waals surface area contributed by atoms with Crippen LogP contribution in [0, 0.1) is 0 Å². The van der Waals surface area contributed by atoms with E-state index in [9.17, 15) is 0 Å². The molecule has 13 aromatic rings. The van der Waals surface area contributed by atoms with Crippen molar-refractivity contribution in [2.75, 3.05) is 0 Å². The smallest absolute Gasteiger partial charge is 0.0541 e. The molecule has 0 aliphatic carbocycles. The summed E-state index contributed by atoms with van der Waals surface area (Å²) in [5.74, 6) is 0. The van der Waals surface area contributed by atoms with Crippen LogP contribution in [0.1, 0.15) is 105 Å². The number of para-hydroxylation sites is 2. The van der Waals surface area contributed by atoms with Crippen molar-refractivity contribution in [3.8, 4) is 55.9 Å². The molecule has 0 spiro atoms. The largest absolute Gasteiger partial charge is 0.309 e. The number of hydrogen-bond acceptors (Lipinski definition) is 0. The highest BCUT2D eigenvalue weighted by Gasteiger charge is 2.25. The predicted molar refractivity (Wildman–Crippen MR) is 347 cm³/mol. The van der Waals surface area contributed by atoms with Gasteiger partial charge in [-0.25, -0.2) is 0 Å². The van der Waals surface area contributed by atoms with Gasteiger partial charge in [-0.1, -0.05) is 217 Å². The molecule has 0 aliphatic rings. The average Bonchev–Trinajstić information content (AvgIpc) is 4.01. The summed E-state index contributed by atoms with van der Waals surface area (Å²) < 4.78 is 4.84. The molecule has 0 saturated heterocycles. The van der Waals surface area contributed by atoms with Crippen LogP contribution < -0.4 is 0 Å². The van der Waals surface area contributed by atoms with Crippen LogP contribution in [0.15, 0.2) is 218 Å². The summed E-state index contributed by atoms with van der Waals surface area (Å²) in [5, 5.41) is 10.2. The van der Waals surface area contributed by atoms with Crippen molar-refractivity contribution in [2.45, 2.75) is 105 Å². The van der Waals surface area contributed by atoms with Gasteiger partial charge in [0.1, 0.15) is 0 Å². The van der Waals surface area contributed by atoms with Gasteiger partial charge in [0, 0.05) is 32.9 Å². The molecular formula is C78H72N2. The van der Waals surface area contributed by atoms with Crippen LogP contribution >= 0.6 is 0 Å². The molecule has 2 aromatic heterocycles. The van der Waals surface area contributed by atoms with E-state index in [4.69, 9.17) is 0 Å². The second-order valence-electron chi connectivity index (χ2n) is 26.7. The lowest BCUT2D eigenvalue weighted by Gasteiger charge is -2.25. The van der Waals surface area contributed by atoms with E-state index in [-0.39, 0.29) is 21.7 Å². The fraction of sp³-hybridized carbons (Fsp3) is 0.205. The summed E-state index contributed by atoms with van der Waals surface area (Å²) in [6.07, 6.45) is 0. The summed E-state index contributed by atoms with van der Waals surface area (Å²) >= 11 is 0. The Morgan fingerprint density at radius 3 is 0.800 bits per heavy atom. The van der Waals surface area contributed by atoms with Gasteiger partial charge in [-0.15, -0.1) is 0 Å². The predicted octanol–water partition coefficient (Wildman–Crippen LogP) is 22.0. The highest BCUT2D eigenvalue weighted by Crippen LogP contribution is 2.48. The Labute approximate surface area is 473 Å². The zero-order chi connectivity index (χ0) is 55.6. The van der Waals surface area contributed by atoms with Gasteiger partial charge >= 0.3 is 0 Å². The monoisotopic (exact) mass is 1040 g/mol. The first-order valence-corrected chi connectivity index (χ1v) is 28.7. The normalized spacial score (nSPS) is 12.8. The Balaban J connectivity index is 0.957. The van der Waals surface area contributed by atoms with Crippen LogP contribution in [0.25, 0.3) is 121 Å². The van der Waals surface area contributed by atoms with Gasteiger partial charge in [-0.3, -0.25) is 0 Å². The van der Waals surface area contributed by atoms with Crippen molar-refractivity contribution in [1.29, 1.82) is 0 Å². The lowest BCUT2D eigenvalue weighted by molar-refractivity contribution is 0.590. The summed E-state index contributed by atoms with van der Waals surface area (Å²) in [5.41, 5.74) is 22.4. The number of nitrogens with zero attached hydrogens (tertiary/aromatic N) is 2. The first-order chi connectivity index (χ1) is 38.2. The molecule has 11 aromatic carbocycles. The lowest BCUT2D eigenvalue weighted by Crippen LogP contribution is -2.11. The molecule has 0 aliphatic heterocycles. The number of rotatable bonds is 6. The Hall–Kier alpha value is -8.46. The first kappa shape index (κ1) is 51.0. The zero-order valence-corrected chi connectivity index (χ0v) is 48.7. The van der Waals surface area contributed by atoms with Crippen LogP contribution in [0.4, 0.5) is 0 Å². The molecule has 0 radical (unpaired) electrons. The number of benzene rings is 11. The summed E-state index contributed by atoms with van der Waals surface area (Å²) in [6, 6.07) is 83.1. The molecule has 80 heavy (non-hydrogen) atoms. The van der Waals surface area contributed by atoms with Gasteiger partial charge in [0.2, 0.25) is 0 Å². The molecule has 2 heterocycles. The van der Waals surface area contributed by atoms with Crippen molar-refractivity contribution in [2.24, 2.45) is 0 Å². The molecule has 0 fully saturated rings. The molecule has 0 unspecified atom stereocenters. The second-order valence-corrected chi connectivity index (χ2v) is 26.7. The van der Waals surface area contributed by atoms with E-state index in [1.54, 1.807) is 0 Å². The molecule has 0 N–H and O–H groups in total. The van der Waals surface area contributed by atoms with Crippen molar-refractivity contribution in [3.63, 3.8) is 0 Å². The number of aromatic nitrogens is 2. The van der Waals surface area contributed by atoms with Gasteiger partial charge in [0.05, 0.1) is 22.1 Å². The molecule has 13 rings (SSSR count). The van der Waals surface area contributed by atoms with Crippen molar-refractivity contribution in [1.82, 2.24) is 9.13 Å². The second kappa shape index (κ2) is 18.6. The van der Waals surface area contributed by atoms with Gasteiger partial charge < -0.3 is 9.13 Å². The molecule has 2 nitrogen and oxygen atoms in total. The molecule has 0 saturated carbocycles. The molecule has 394 valence electrons. The number of fused-ring (bicyclic) bond motifs is 8. The Morgan fingerprint density at radius 2 is 0.475 bits per heavy atom. The van der Waals surface area contributed by atoms with Gasteiger partial charge in [0.15, 0.2) is 0 Å². The molecule has 0 amide bonds. The van der Waals surface area contributed by atoms with Gasteiger partial charge in [-0.05, 0) is 195 Å². The van der Waals surface area contributed by atoms with Crippen LogP contribution in [-0.2, 0) is 21.7 Å². The number of hydrogen-bond donors (Lipinski definition) is 0. The zero-order valence-electron chi connectivity index (χ0n) is 48.7. The third-order valence-electron chi connectivity index (χ3n) is 17.2. The highest BCUT2D eigenvalue weighted by atomic mass is 15.0. The van der Waals surface area contributed by atoms with Gasteiger partial charge in [0.25, 0.3) is 0 Å². The molecule has 2 heteroatoms. The Kier molecular flexibility index (Phi) is 11.8. The minimum Gasteiger partial charge on any atom is -0.309 e. The average molecular weight is 1040 g/mol. The summed E-state index contributed by atoms with van der Waals surface area (Å²) in [7, 11) is 0. The lowest BCUT2D eigenvalue weighted by atomic mass is 9.79. The molecule has 0 bridgehead atoms. The topological polar surface area (TPSA) is 9.86 Å². The van der Waals surface area contributed by atoms with Crippen molar-refractivity contribution < 1.29 is 0 Å². The Bertz CT molecular complexity index is 4260. The molecular weight excluding hydrogens is 965 g/mol. The van der Waals surface area contributed by atoms with Crippen molar-refractivity contribution in [3.05, 3.63) is 241 Å². The first-order valence-electron chi connectivity index (χ1n) is 28.7. The standard InChI is InChI=1S/C78H72N2/c1-75(2,3)55-33-37-61-67(47-55)73(51-27-23-49(24-28-51)53-31-39-69-63(43-53)65-45-57(77(7,8)9)35-41-71(65)79(69)59-19-15-13-16-20-59)62-38-34-56(76(4,5)6)48-68(62)74(61)52-29-25-50(26-30-52)54-32-40-70-64(44-54)66-46-58(78(10,11)12)36-42-72(66)80(70)60-21-17-14-18-22-60/h13-48H,1-12H3.